The number of aromatic nitrogens is 2. The molecular formula is C9H16N2O2. The first-order valence-electron chi connectivity index (χ1n) is 4.45. The molecule has 0 spiro atoms. The number of nitrogens with zero attached hydrogens (tertiary/aromatic N) is 2. The third-order valence-corrected chi connectivity index (χ3v) is 1.74. The number of rotatable bonds is 5. The molecule has 0 saturated heterocycles. The largest absolute Gasteiger partial charge is 0.390 e. The van der Waals surface area contributed by atoms with Crippen LogP contribution in [0.3, 0.4) is 0 Å². The Bertz CT molecular complexity index is 248. The number of aliphatic hydroxyl groups is 1. The zero-order chi connectivity index (χ0) is 9.68. The van der Waals surface area contributed by atoms with Gasteiger partial charge in [0.15, 0.2) is 0 Å². The van der Waals surface area contributed by atoms with Crippen LogP contribution in [-0.4, -0.2) is 34.2 Å². The smallest absolute Gasteiger partial charge is 0.0815 e. The average molecular weight is 184 g/mol. The summed E-state index contributed by atoms with van der Waals surface area (Å²) in [4.78, 5) is 0. The van der Waals surface area contributed by atoms with Crippen molar-refractivity contribution in [1.29, 1.82) is 0 Å². The molecule has 1 unspecified atom stereocenters. The minimum Gasteiger partial charge on any atom is -0.390 e. The van der Waals surface area contributed by atoms with E-state index in [-0.39, 0.29) is 0 Å². The summed E-state index contributed by atoms with van der Waals surface area (Å²) in [5, 5.41) is 13.5. The van der Waals surface area contributed by atoms with Crippen molar-refractivity contribution in [3.05, 3.63) is 18.0 Å². The van der Waals surface area contributed by atoms with Crippen LogP contribution in [0.4, 0.5) is 0 Å². The molecule has 74 valence electrons. The van der Waals surface area contributed by atoms with Crippen LogP contribution < -0.4 is 0 Å². The molecule has 1 atom stereocenters. The Morgan fingerprint density at radius 3 is 3.00 bits per heavy atom. The monoisotopic (exact) mass is 184 g/mol. The molecule has 1 rings (SSSR count). The van der Waals surface area contributed by atoms with E-state index in [1.165, 1.54) is 0 Å². The number of hydrogen-bond donors (Lipinski definition) is 1. The van der Waals surface area contributed by atoms with E-state index in [4.69, 9.17) is 4.74 Å². The second-order valence-corrected chi connectivity index (χ2v) is 3.04. The van der Waals surface area contributed by atoms with Gasteiger partial charge in [0.25, 0.3) is 0 Å². The van der Waals surface area contributed by atoms with Gasteiger partial charge in [-0.2, -0.15) is 5.10 Å². The highest BCUT2D eigenvalue weighted by atomic mass is 16.5. The Labute approximate surface area is 78.1 Å². The van der Waals surface area contributed by atoms with Crippen LogP contribution in [-0.2, 0) is 18.2 Å². The first kappa shape index (κ1) is 10.2. The van der Waals surface area contributed by atoms with E-state index >= 15 is 0 Å². The number of aliphatic hydroxyl groups excluding tert-OH is 1. The molecule has 1 N–H and O–H groups in total. The van der Waals surface area contributed by atoms with Crippen LogP contribution in [0.2, 0.25) is 0 Å². The van der Waals surface area contributed by atoms with Gasteiger partial charge in [0.1, 0.15) is 0 Å². The minimum absolute atomic E-state index is 0.394. The number of ether oxygens (including phenoxy) is 1. The molecular weight excluding hydrogens is 168 g/mol. The van der Waals surface area contributed by atoms with E-state index in [1.54, 1.807) is 10.9 Å². The third-order valence-electron chi connectivity index (χ3n) is 1.74. The van der Waals surface area contributed by atoms with Crippen LogP contribution in [0.15, 0.2) is 12.4 Å². The van der Waals surface area contributed by atoms with E-state index in [2.05, 4.69) is 5.10 Å². The van der Waals surface area contributed by atoms with Gasteiger partial charge >= 0.3 is 0 Å². The first-order valence-corrected chi connectivity index (χ1v) is 4.45. The van der Waals surface area contributed by atoms with Crippen molar-refractivity contribution in [2.24, 2.45) is 7.05 Å². The van der Waals surface area contributed by atoms with E-state index < -0.39 is 6.10 Å². The lowest BCUT2D eigenvalue weighted by atomic mass is 10.2. The first-order chi connectivity index (χ1) is 6.22. The van der Waals surface area contributed by atoms with Crippen LogP contribution in [0, 0.1) is 0 Å². The lowest BCUT2D eigenvalue weighted by molar-refractivity contribution is 0.0430. The lowest BCUT2D eigenvalue weighted by Crippen LogP contribution is -2.17. The van der Waals surface area contributed by atoms with Crippen molar-refractivity contribution in [3.8, 4) is 0 Å². The summed E-state index contributed by atoms with van der Waals surface area (Å²) in [6, 6.07) is 0. The standard InChI is InChI=1S/C9H16N2O2/c1-3-13-7-9(12)4-8-5-10-11(2)6-8/h5-6,9,12H,3-4,7H2,1-2H3. The fourth-order valence-corrected chi connectivity index (χ4v) is 1.16. The highest BCUT2D eigenvalue weighted by Crippen LogP contribution is 2.01. The highest BCUT2D eigenvalue weighted by molar-refractivity contribution is 5.04. The Kier molecular flexibility index (Phi) is 3.92. The Morgan fingerprint density at radius 1 is 1.69 bits per heavy atom. The molecule has 0 aliphatic carbocycles. The number of aryl methyl sites for hydroxylation is 1. The predicted octanol–water partition coefficient (Wildman–Crippen LogP) is 0.360. The molecule has 1 aromatic heterocycles. The molecule has 0 radical (unpaired) electrons. The molecule has 0 saturated carbocycles. The van der Waals surface area contributed by atoms with Gasteiger partial charge in [-0.15, -0.1) is 0 Å². The summed E-state index contributed by atoms with van der Waals surface area (Å²) in [6.45, 7) is 2.95. The molecule has 4 heteroatoms. The molecule has 1 aromatic rings. The summed E-state index contributed by atoms with van der Waals surface area (Å²) in [5.74, 6) is 0. The van der Waals surface area contributed by atoms with Crippen LogP contribution in [0.25, 0.3) is 0 Å². The summed E-state index contributed by atoms with van der Waals surface area (Å²) >= 11 is 0. The van der Waals surface area contributed by atoms with Gasteiger partial charge in [-0.25, -0.2) is 0 Å². The highest BCUT2D eigenvalue weighted by Gasteiger charge is 2.06. The summed E-state index contributed by atoms with van der Waals surface area (Å²) < 4.78 is 6.82. The normalized spacial score (nSPS) is 13.2. The van der Waals surface area contributed by atoms with Crippen LogP contribution in [0.1, 0.15) is 12.5 Å². The molecule has 13 heavy (non-hydrogen) atoms. The maximum Gasteiger partial charge on any atom is 0.0815 e. The fraction of sp³-hybridized carbons (Fsp3) is 0.667. The topological polar surface area (TPSA) is 47.3 Å². The average Bonchev–Trinajstić information content (AvgIpc) is 2.48. The lowest BCUT2D eigenvalue weighted by Gasteiger charge is -2.08. The van der Waals surface area contributed by atoms with Crippen LogP contribution >= 0.6 is 0 Å². The SMILES string of the molecule is CCOCC(O)Cc1cnn(C)c1. The molecule has 0 aliphatic heterocycles. The van der Waals surface area contributed by atoms with E-state index in [0.717, 1.165) is 5.56 Å². The summed E-state index contributed by atoms with van der Waals surface area (Å²) in [7, 11) is 1.86. The maximum absolute atomic E-state index is 9.48. The Hall–Kier alpha value is -0.870. The van der Waals surface area contributed by atoms with Crippen molar-refractivity contribution < 1.29 is 9.84 Å². The van der Waals surface area contributed by atoms with Gasteiger partial charge < -0.3 is 9.84 Å². The second-order valence-electron chi connectivity index (χ2n) is 3.04. The zero-order valence-corrected chi connectivity index (χ0v) is 8.10. The zero-order valence-electron chi connectivity index (χ0n) is 8.10. The molecule has 0 bridgehead atoms. The van der Waals surface area contributed by atoms with Gasteiger partial charge in [0.05, 0.1) is 18.9 Å². The van der Waals surface area contributed by atoms with E-state index in [1.807, 2.05) is 20.2 Å². The van der Waals surface area contributed by atoms with Crippen molar-refractivity contribution in [2.75, 3.05) is 13.2 Å². The Balaban J connectivity index is 2.31. The van der Waals surface area contributed by atoms with Crippen molar-refractivity contribution in [3.63, 3.8) is 0 Å². The molecule has 0 aliphatic rings. The number of hydrogen-bond acceptors (Lipinski definition) is 3. The van der Waals surface area contributed by atoms with Gasteiger partial charge in [-0.3, -0.25) is 4.68 Å². The second kappa shape index (κ2) is 4.99. The van der Waals surface area contributed by atoms with Crippen LogP contribution in [0.5, 0.6) is 0 Å². The van der Waals surface area contributed by atoms with Gasteiger partial charge in [-0.05, 0) is 12.5 Å². The molecule has 1 heterocycles. The summed E-state index contributed by atoms with van der Waals surface area (Å²) in [5.41, 5.74) is 1.04. The van der Waals surface area contributed by atoms with Crippen molar-refractivity contribution >= 4 is 0 Å². The minimum atomic E-state index is -0.427. The molecule has 0 aromatic carbocycles. The summed E-state index contributed by atoms with van der Waals surface area (Å²) in [6.07, 6.45) is 3.84. The predicted molar refractivity (Wildman–Crippen MR) is 49.4 cm³/mol. The molecule has 0 fully saturated rings. The fourth-order valence-electron chi connectivity index (χ4n) is 1.16. The van der Waals surface area contributed by atoms with Gasteiger partial charge in [0, 0.05) is 26.3 Å². The maximum atomic E-state index is 9.48. The molecule has 0 amide bonds. The van der Waals surface area contributed by atoms with Gasteiger partial charge in [0.2, 0.25) is 0 Å². The quantitative estimate of drug-likeness (QED) is 0.718. The van der Waals surface area contributed by atoms with Gasteiger partial charge in [-0.1, -0.05) is 0 Å². The van der Waals surface area contributed by atoms with E-state index in [0.29, 0.717) is 19.6 Å². The Morgan fingerprint density at radius 2 is 2.46 bits per heavy atom. The van der Waals surface area contributed by atoms with Crippen molar-refractivity contribution in [2.45, 2.75) is 19.4 Å². The molecule has 4 nitrogen and oxygen atoms in total. The van der Waals surface area contributed by atoms with E-state index in [9.17, 15) is 5.11 Å². The van der Waals surface area contributed by atoms with Crippen molar-refractivity contribution in [1.82, 2.24) is 9.78 Å². The third kappa shape index (κ3) is 3.57.